The Hall–Kier alpha value is -3.75. The van der Waals surface area contributed by atoms with E-state index in [-0.39, 0.29) is 17.2 Å². The highest BCUT2D eigenvalue weighted by Gasteiger charge is 2.34. The van der Waals surface area contributed by atoms with E-state index in [4.69, 9.17) is 0 Å². The molecular weight excluding hydrogens is 431 g/mol. The van der Waals surface area contributed by atoms with Crippen molar-refractivity contribution < 1.29 is 18.0 Å². The summed E-state index contributed by atoms with van der Waals surface area (Å²) in [5.41, 5.74) is 2.04. The van der Waals surface area contributed by atoms with Gasteiger partial charge in [0.25, 0.3) is 0 Å². The Kier molecular flexibility index (Phi) is 5.43. The quantitative estimate of drug-likeness (QED) is 0.427. The Morgan fingerprint density at radius 1 is 1.03 bits per heavy atom. The standard InChI is InChI=1S/C24H22F3N5O/c1-14-5-6-15(11-19(14)30-22(33)23(2,3)4)20-13-32-21(29-20)8-7-18(31-32)16-12-28-10-9-17(16)24(25,26)27/h5-13H,1-4H3,(H,30,33). The van der Waals surface area contributed by atoms with Crippen LogP contribution in [0.25, 0.3) is 28.2 Å². The molecule has 1 amide bonds. The first kappa shape index (κ1) is 22.4. The highest BCUT2D eigenvalue weighted by molar-refractivity contribution is 5.95. The topological polar surface area (TPSA) is 72.2 Å². The summed E-state index contributed by atoms with van der Waals surface area (Å²) in [5, 5.41) is 7.27. The van der Waals surface area contributed by atoms with Crippen molar-refractivity contribution in [3.63, 3.8) is 0 Å². The van der Waals surface area contributed by atoms with Gasteiger partial charge in [-0.2, -0.15) is 18.3 Å². The number of anilines is 1. The maximum absolute atomic E-state index is 13.4. The van der Waals surface area contributed by atoms with E-state index in [1.165, 1.54) is 10.6 Å². The molecule has 0 aliphatic heterocycles. The number of nitrogens with one attached hydrogen (secondary N) is 1. The number of carbonyl (C=O) groups is 1. The van der Waals surface area contributed by atoms with Crippen LogP contribution in [0.15, 0.2) is 55.0 Å². The lowest BCUT2D eigenvalue weighted by molar-refractivity contribution is -0.137. The van der Waals surface area contributed by atoms with Crippen LogP contribution in [-0.2, 0) is 11.0 Å². The molecule has 1 N–H and O–H groups in total. The lowest BCUT2D eigenvalue weighted by Gasteiger charge is -2.19. The van der Waals surface area contributed by atoms with Crippen LogP contribution < -0.4 is 5.32 Å². The number of aryl methyl sites for hydroxylation is 1. The van der Waals surface area contributed by atoms with Crippen molar-refractivity contribution in [2.75, 3.05) is 5.32 Å². The third-order valence-corrected chi connectivity index (χ3v) is 5.19. The Morgan fingerprint density at radius 2 is 1.79 bits per heavy atom. The molecule has 3 aromatic heterocycles. The van der Waals surface area contributed by atoms with E-state index in [0.717, 1.165) is 29.6 Å². The normalized spacial score (nSPS) is 12.2. The van der Waals surface area contributed by atoms with E-state index in [1.54, 1.807) is 12.3 Å². The zero-order valence-corrected chi connectivity index (χ0v) is 18.5. The van der Waals surface area contributed by atoms with Crippen molar-refractivity contribution in [1.82, 2.24) is 19.6 Å². The van der Waals surface area contributed by atoms with Crippen molar-refractivity contribution >= 4 is 17.2 Å². The lowest BCUT2D eigenvalue weighted by atomic mass is 9.95. The summed E-state index contributed by atoms with van der Waals surface area (Å²) in [6.45, 7) is 7.39. The van der Waals surface area contributed by atoms with Crippen LogP contribution in [0.5, 0.6) is 0 Å². The largest absolute Gasteiger partial charge is 0.417 e. The van der Waals surface area contributed by atoms with Gasteiger partial charge in [-0.05, 0) is 36.8 Å². The minimum Gasteiger partial charge on any atom is -0.325 e. The zero-order valence-electron chi connectivity index (χ0n) is 18.5. The van der Waals surface area contributed by atoms with E-state index < -0.39 is 17.2 Å². The molecule has 0 radical (unpaired) electrons. The molecule has 0 aliphatic rings. The van der Waals surface area contributed by atoms with Gasteiger partial charge >= 0.3 is 6.18 Å². The van der Waals surface area contributed by atoms with Crippen LogP contribution in [-0.4, -0.2) is 25.5 Å². The van der Waals surface area contributed by atoms with Gasteiger partial charge in [-0.3, -0.25) is 9.78 Å². The van der Waals surface area contributed by atoms with Gasteiger partial charge < -0.3 is 5.32 Å². The Balaban J connectivity index is 1.72. The van der Waals surface area contributed by atoms with Gasteiger partial charge in [-0.1, -0.05) is 32.9 Å². The molecule has 3 heterocycles. The fraction of sp³-hybridized carbons (Fsp3) is 0.250. The molecule has 0 atom stereocenters. The van der Waals surface area contributed by atoms with E-state index in [0.29, 0.717) is 17.0 Å². The van der Waals surface area contributed by atoms with Crippen molar-refractivity contribution in [2.45, 2.75) is 33.9 Å². The Labute approximate surface area is 188 Å². The molecule has 4 rings (SSSR count). The number of carbonyl (C=O) groups excluding carboxylic acids is 1. The number of pyridine rings is 1. The lowest BCUT2D eigenvalue weighted by Crippen LogP contribution is -2.27. The second kappa shape index (κ2) is 7.99. The molecule has 6 nitrogen and oxygen atoms in total. The van der Waals surface area contributed by atoms with Crippen LogP contribution in [0.4, 0.5) is 18.9 Å². The van der Waals surface area contributed by atoms with Gasteiger partial charge in [-0.15, -0.1) is 0 Å². The minimum absolute atomic E-state index is 0.107. The molecule has 0 spiro atoms. The number of imidazole rings is 1. The number of amides is 1. The number of benzene rings is 1. The number of alkyl halides is 3. The summed E-state index contributed by atoms with van der Waals surface area (Å²) in [4.78, 5) is 20.8. The molecule has 1 aromatic carbocycles. The van der Waals surface area contributed by atoms with Crippen LogP contribution in [0.2, 0.25) is 0 Å². The fourth-order valence-electron chi connectivity index (χ4n) is 3.24. The monoisotopic (exact) mass is 453 g/mol. The molecule has 170 valence electrons. The molecule has 0 aliphatic carbocycles. The second-order valence-corrected chi connectivity index (χ2v) is 8.80. The van der Waals surface area contributed by atoms with E-state index >= 15 is 0 Å². The van der Waals surface area contributed by atoms with Crippen molar-refractivity contribution in [3.8, 4) is 22.5 Å². The van der Waals surface area contributed by atoms with E-state index in [2.05, 4.69) is 20.4 Å². The molecule has 0 fully saturated rings. The average Bonchev–Trinajstić information content (AvgIpc) is 3.17. The number of fused-ring (bicyclic) bond motifs is 1. The van der Waals surface area contributed by atoms with Crippen LogP contribution >= 0.6 is 0 Å². The van der Waals surface area contributed by atoms with Gasteiger partial charge in [0, 0.05) is 34.6 Å². The summed E-state index contributed by atoms with van der Waals surface area (Å²) in [6, 6.07) is 9.60. The summed E-state index contributed by atoms with van der Waals surface area (Å²) in [6.07, 6.45) is -0.625. The summed E-state index contributed by atoms with van der Waals surface area (Å²) in [5.74, 6) is -0.110. The number of hydrogen-bond donors (Lipinski definition) is 1. The highest BCUT2D eigenvalue weighted by Crippen LogP contribution is 2.36. The fourth-order valence-corrected chi connectivity index (χ4v) is 3.24. The first-order chi connectivity index (χ1) is 15.4. The SMILES string of the molecule is Cc1ccc(-c2cn3nc(-c4cnccc4C(F)(F)F)ccc3n2)cc1NC(=O)C(C)(C)C. The average molecular weight is 453 g/mol. The number of aromatic nitrogens is 4. The predicted octanol–water partition coefficient (Wildman–Crippen LogP) is 5.77. The summed E-state index contributed by atoms with van der Waals surface area (Å²) < 4.78 is 41.6. The molecule has 0 bridgehead atoms. The Bertz CT molecular complexity index is 1350. The van der Waals surface area contributed by atoms with Gasteiger partial charge in [0.15, 0.2) is 5.65 Å². The predicted molar refractivity (Wildman–Crippen MR) is 119 cm³/mol. The molecule has 0 unspecified atom stereocenters. The third-order valence-electron chi connectivity index (χ3n) is 5.19. The number of rotatable bonds is 3. The van der Waals surface area contributed by atoms with E-state index in [1.807, 2.05) is 45.9 Å². The van der Waals surface area contributed by atoms with E-state index in [9.17, 15) is 18.0 Å². The van der Waals surface area contributed by atoms with Crippen molar-refractivity contribution in [1.29, 1.82) is 0 Å². The molecule has 0 saturated heterocycles. The molecule has 4 aromatic rings. The highest BCUT2D eigenvalue weighted by atomic mass is 19.4. The van der Waals surface area contributed by atoms with Crippen molar-refractivity contribution in [3.05, 3.63) is 66.1 Å². The first-order valence-electron chi connectivity index (χ1n) is 10.2. The van der Waals surface area contributed by atoms with Gasteiger partial charge in [0.2, 0.25) is 5.91 Å². The molecule has 9 heteroatoms. The Morgan fingerprint density at radius 3 is 2.48 bits per heavy atom. The van der Waals surface area contributed by atoms with Crippen LogP contribution in [0.1, 0.15) is 31.9 Å². The first-order valence-corrected chi connectivity index (χ1v) is 10.2. The second-order valence-electron chi connectivity index (χ2n) is 8.80. The molecule has 0 saturated carbocycles. The van der Waals surface area contributed by atoms with Crippen LogP contribution in [0, 0.1) is 12.3 Å². The van der Waals surface area contributed by atoms with Crippen LogP contribution in [0.3, 0.4) is 0 Å². The summed E-state index contributed by atoms with van der Waals surface area (Å²) in [7, 11) is 0. The number of hydrogen-bond acceptors (Lipinski definition) is 4. The molecule has 33 heavy (non-hydrogen) atoms. The molecular formula is C24H22F3N5O. The minimum atomic E-state index is -4.52. The smallest absolute Gasteiger partial charge is 0.325 e. The summed E-state index contributed by atoms with van der Waals surface area (Å²) >= 11 is 0. The van der Waals surface area contributed by atoms with Crippen molar-refractivity contribution in [2.24, 2.45) is 5.41 Å². The van der Waals surface area contributed by atoms with Gasteiger partial charge in [0.05, 0.1) is 23.1 Å². The van der Waals surface area contributed by atoms with Gasteiger partial charge in [-0.25, -0.2) is 9.50 Å². The maximum atomic E-state index is 13.4. The maximum Gasteiger partial charge on any atom is 0.417 e. The zero-order chi connectivity index (χ0) is 24.0. The third kappa shape index (κ3) is 4.57. The number of nitrogens with zero attached hydrogens (tertiary/aromatic N) is 4. The van der Waals surface area contributed by atoms with Gasteiger partial charge in [0.1, 0.15) is 0 Å². The number of halogens is 3.